The summed E-state index contributed by atoms with van der Waals surface area (Å²) in [5.41, 5.74) is 1.22. The van der Waals surface area contributed by atoms with Crippen molar-refractivity contribution in [2.75, 3.05) is 38.2 Å². The Morgan fingerprint density at radius 2 is 1.68 bits per heavy atom. The second-order valence-corrected chi connectivity index (χ2v) is 6.56. The first-order valence-electron chi connectivity index (χ1n) is 7.86. The van der Waals surface area contributed by atoms with Gasteiger partial charge in [-0.1, -0.05) is 35.3 Å². The van der Waals surface area contributed by atoms with Crippen molar-refractivity contribution in [3.63, 3.8) is 0 Å². The molecule has 2 aromatic rings. The monoisotopic (exact) mass is 380 g/mol. The molecule has 1 fully saturated rings. The molecular weight excluding hydrogens is 363 g/mol. The number of para-hydroxylation sites is 2. The Morgan fingerprint density at radius 3 is 2.24 bits per heavy atom. The molecule has 1 saturated heterocycles. The molecule has 1 aliphatic heterocycles. The van der Waals surface area contributed by atoms with E-state index in [9.17, 15) is 9.90 Å². The number of phenols is 1. The largest absolute Gasteiger partial charge is 0.506 e. The first-order valence-corrected chi connectivity index (χ1v) is 8.62. The molecule has 0 aliphatic carbocycles. The minimum atomic E-state index is -0.122. The van der Waals surface area contributed by atoms with Gasteiger partial charge < -0.3 is 19.6 Å². The summed E-state index contributed by atoms with van der Waals surface area (Å²) in [6.07, 6.45) is 0. The zero-order valence-corrected chi connectivity index (χ0v) is 15.2. The van der Waals surface area contributed by atoms with Crippen LogP contribution in [0.4, 0.5) is 5.69 Å². The zero-order valence-electron chi connectivity index (χ0n) is 13.7. The lowest BCUT2D eigenvalue weighted by Gasteiger charge is -2.36. The Morgan fingerprint density at radius 1 is 1.08 bits per heavy atom. The van der Waals surface area contributed by atoms with Crippen LogP contribution in [0.3, 0.4) is 0 Å². The van der Waals surface area contributed by atoms with E-state index in [4.69, 9.17) is 27.9 Å². The van der Waals surface area contributed by atoms with E-state index in [0.717, 1.165) is 5.69 Å². The summed E-state index contributed by atoms with van der Waals surface area (Å²) in [7, 11) is 1.48. The van der Waals surface area contributed by atoms with Crippen molar-refractivity contribution in [3.05, 3.63) is 52.0 Å². The molecule has 0 atom stereocenters. The van der Waals surface area contributed by atoms with E-state index in [1.54, 1.807) is 29.2 Å². The van der Waals surface area contributed by atoms with Gasteiger partial charge in [-0.3, -0.25) is 4.79 Å². The highest BCUT2D eigenvalue weighted by Gasteiger charge is 2.24. The highest BCUT2D eigenvalue weighted by molar-refractivity contribution is 6.37. The minimum absolute atomic E-state index is 0.122. The predicted molar refractivity (Wildman–Crippen MR) is 99.2 cm³/mol. The molecule has 0 radical (unpaired) electrons. The second kappa shape index (κ2) is 7.42. The van der Waals surface area contributed by atoms with E-state index in [1.165, 1.54) is 7.11 Å². The van der Waals surface area contributed by atoms with Gasteiger partial charge in [0, 0.05) is 31.7 Å². The quantitative estimate of drug-likeness (QED) is 0.882. The fourth-order valence-electron chi connectivity index (χ4n) is 2.94. The highest BCUT2D eigenvalue weighted by Crippen LogP contribution is 2.34. The van der Waals surface area contributed by atoms with Crippen LogP contribution in [0, 0.1) is 0 Å². The molecule has 0 unspecified atom stereocenters. The van der Waals surface area contributed by atoms with Crippen molar-refractivity contribution in [1.82, 2.24) is 4.90 Å². The van der Waals surface area contributed by atoms with Gasteiger partial charge in [0.1, 0.15) is 5.75 Å². The molecular formula is C18H18Cl2N2O3. The van der Waals surface area contributed by atoms with E-state index in [0.29, 0.717) is 47.5 Å². The van der Waals surface area contributed by atoms with E-state index >= 15 is 0 Å². The van der Waals surface area contributed by atoms with Crippen LogP contribution >= 0.6 is 23.2 Å². The Hall–Kier alpha value is -2.11. The van der Waals surface area contributed by atoms with Gasteiger partial charge in [0.25, 0.3) is 5.91 Å². The number of aromatic hydroxyl groups is 1. The molecule has 5 nitrogen and oxygen atoms in total. The third-order valence-electron chi connectivity index (χ3n) is 4.24. The van der Waals surface area contributed by atoms with Gasteiger partial charge >= 0.3 is 0 Å². The number of anilines is 1. The lowest BCUT2D eigenvalue weighted by Crippen LogP contribution is -2.48. The number of ether oxygens (including phenoxy) is 1. The SMILES string of the molecule is COc1c(Cl)cc(C(=O)N2CCN(c3ccccc3O)CC2)cc1Cl. The van der Waals surface area contributed by atoms with E-state index in [2.05, 4.69) is 4.90 Å². The van der Waals surface area contributed by atoms with Crippen molar-refractivity contribution < 1.29 is 14.6 Å². The molecule has 0 saturated carbocycles. The maximum absolute atomic E-state index is 12.7. The molecule has 25 heavy (non-hydrogen) atoms. The number of rotatable bonds is 3. The lowest BCUT2D eigenvalue weighted by atomic mass is 10.1. The molecule has 3 rings (SSSR count). The summed E-state index contributed by atoms with van der Waals surface area (Å²) < 4.78 is 5.11. The molecule has 7 heteroatoms. The molecule has 1 N–H and O–H groups in total. The number of carbonyl (C=O) groups excluding carboxylic acids is 1. The summed E-state index contributed by atoms with van der Waals surface area (Å²) in [5.74, 6) is 0.489. The van der Waals surface area contributed by atoms with Crippen LogP contribution in [0.2, 0.25) is 10.0 Å². The Balaban J connectivity index is 1.71. The Bertz CT molecular complexity index is 767. The summed E-state index contributed by atoms with van der Waals surface area (Å²) in [6, 6.07) is 10.3. The van der Waals surface area contributed by atoms with Gasteiger partial charge in [-0.05, 0) is 24.3 Å². The summed E-state index contributed by atoms with van der Waals surface area (Å²) in [5, 5.41) is 10.6. The fraction of sp³-hybridized carbons (Fsp3) is 0.278. The summed E-state index contributed by atoms with van der Waals surface area (Å²) >= 11 is 12.2. The third-order valence-corrected chi connectivity index (χ3v) is 4.80. The summed E-state index contributed by atoms with van der Waals surface area (Å²) in [6.45, 7) is 2.38. The lowest BCUT2D eigenvalue weighted by molar-refractivity contribution is 0.0746. The van der Waals surface area contributed by atoms with Crippen LogP contribution in [0.25, 0.3) is 0 Å². The average Bonchev–Trinajstić information content (AvgIpc) is 2.61. The van der Waals surface area contributed by atoms with Crippen molar-refractivity contribution in [3.8, 4) is 11.5 Å². The number of piperazine rings is 1. The van der Waals surface area contributed by atoms with Crippen LogP contribution < -0.4 is 9.64 Å². The van der Waals surface area contributed by atoms with Crippen molar-refractivity contribution >= 4 is 34.8 Å². The first kappa shape index (κ1) is 17.7. The fourth-order valence-corrected chi connectivity index (χ4v) is 3.58. The van der Waals surface area contributed by atoms with Gasteiger partial charge in [-0.2, -0.15) is 0 Å². The predicted octanol–water partition coefficient (Wildman–Crippen LogP) is 3.67. The van der Waals surface area contributed by atoms with Crippen molar-refractivity contribution in [2.45, 2.75) is 0 Å². The topological polar surface area (TPSA) is 53.0 Å². The third kappa shape index (κ3) is 3.62. The number of hydrogen-bond acceptors (Lipinski definition) is 4. The molecule has 0 aromatic heterocycles. The normalized spacial score (nSPS) is 14.5. The van der Waals surface area contributed by atoms with Crippen LogP contribution in [0.5, 0.6) is 11.5 Å². The smallest absolute Gasteiger partial charge is 0.254 e. The zero-order chi connectivity index (χ0) is 18.0. The van der Waals surface area contributed by atoms with Crippen molar-refractivity contribution in [2.24, 2.45) is 0 Å². The maximum Gasteiger partial charge on any atom is 0.254 e. The molecule has 0 bridgehead atoms. The number of amides is 1. The van der Waals surface area contributed by atoms with Gasteiger partial charge in [0.2, 0.25) is 0 Å². The maximum atomic E-state index is 12.7. The van der Waals surface area contributed by atoms with Crippen LogP contribution in [0.15, 0.2) is 36.4 Å². The molecule has 1 aliphatic rings. The number of hydrogen-bond donors (Lipinski definition) is 1. The van der Waals surface area contributed by atoms with E-state index < -0.39 is 0 Å². The van der Waals surface area contributed by atoms with E-state index in [-0.39, 0.29) is 11.7 Å². The molecule has 1 heterocycles. The number of carbonyl (C=O) groups is 1. The summed E-state index contributed by atoms with van der Waals surface area (Å²) in [4.78, 5) is 16.5. The first-order chi connectivity index (χ1) is 12.0. The molecule has 0 spiro atoms. The molecule has 1 amide bonds. The molecule has 132 valence electrons. The van der Waals surface area contributed by atoms with Crippen LogP contribution in [-0.2, 0) is 0 Å². The average molecular weight is 381 g/mol. The second-order valence-electron chi connectivity index (χ2n) is 5.74. The van der Waals surface area contributed by atoms with Gasteiger partial charge in [0.05, 0.1) is 22.8 Å². The van der Waals surface area contributed by atoms with Crippen LogP contribution in [-0.4, -0.2) is 49.2 Å². The number of methoxy groups -OCH3 is 1. The van der Waals surface area contributed by atoms with Crippen LogP contribution in [0.1, 0.15) is 10.4 Å². The Labute approximate surface area is 156 Å². The Kier molecular flexibility index (Phi) is 5.25. The number of nitrogens with zero attached hydrogens (tertiary/aromatic N) is 2. The number of halogens is 2. The standard InChI is InChI=1S/C18H18Cl2N2O3/c1-25-17-13(19)10-12(11-14(17)20)18(24)22-8-6-21(7-9-22)15-4-2-3-5-16(15)23/h2-5,10-11,23H,6-9H2,1H3. The number of benzene rings is 2. The minimum Gasteiger partial charge on any atom is -0.506 e. The van der Waals surface area contributed by atoms with Gasteiger partial charge in [-0.25, -0.2) is 0 Å². The van der Waals surface area contributed by atoms with Crippen molar-refractivity contribution in [1.29, 1.82) is 0 Å². The molecule has 2 aromatic carbocycles. The number of phenolic OH excluding ortho intramolecular Hbond substituents is 1. The van der Waals surface area contributed by atoms with Gasteiger partial charge in [0.15, 0.2) is 5.75 Å². The van der Waals surface area contributed by atoms with E-state index in [1.807, 2.05) is 12.1 Å². The van der Waals surface area contributed by atoms with Gasteiger partial charge in [-0.15, -0.1) is 0 Å². The highest BCUT2D eigenvalue weighted by atomic mass is 35.5.